The minimum absolute atomic E-state index is 0.349. The summed E-state index contributed by atoms with van der Waals surface area (Å²) in [5.74, 6) is 3.27. The number of nitrogens with two attached hydrogens (primary N) is 1. The molecule has 3 unspecified atom stereocenters. The van der Waals surface area contributed by atoms with Crippen molar-refractivity contribution in [2.45, 2.75) is 51.4 Å². The van der Waals surface area contributed by atoms with E-state index in [-0.39, 0.29) is 0 Å². The van der Waals surface area contributed by atoms with E-state index in [1.165, 1.54) is 24.8 Å². The Bertz CT molecular complexity index is 590. The largest absolute Gasteiger partial charge is 0.399 e. The summed E-state index contributed by atoms with van der Waals surface area (Å²) >= 11 is 0. The van der Waals surface area contributed by atoms with E-state index in [9.17, 15) is 0 Å². The Morgan fingerprint density at radius 1 is 1.29 bits per heavy atom. The molecule has 0 aliphatic heterocycles. The molecule has 1 saturated carbocycles. The van der Waals surface area contributed by atoms with E-state index in [1.54, 1.807) is 0 Å². The number of nitrogen functional groups attached to an aromatic ring is 1. The van der Waals surface area contributed by atoms with Crippen molar-refractivity contribution in [2.75, 3.05) is 5.73 Å². The molecule has 0 radical (unpaired) electrons. The smallest absolute Gasteiger partial charge is 0.227 e. The minimum atomic E-state index is 0.349. The summed E-state index contributed by atoms with van der Waals surface area (Å²) in [6.45, 7) is 4.47. The first-order valence-corrected chi connectivity index (χ1v) is 7.79. The lowest BCUT2D eigenvalue weighted by atomic mass is 9.97. The van der Waals surface area contributed by atoms with E-state index >= 15 is 0 Å². The fraction of sp³-hybridized carbons (Fsp3) is 0.529. The highest BCUT2D eigenvalue weighted by Gasteiger charge is 2.27. The molecule has 21 heavy (non-hydrogen) atoms. The Hall–Kier alpha value is -1.84. The van der Waals surface area contributed by atoms with Gasteiger partial charge in [0.15, 0.2) is 5.82 Å². The van der Waals surface area contributed by atoms with Gasteiger partial charge < -0.3 is 10.3 Å². The van der Waals surface area contributed by atoms with E-state index in [0.29, 0.717) is 11.8 Å². The highest BCUT2D eigenvalue weighted by atomic mass is 16.5. The monoisotopic (exact) mass is 285 g/mol. The molecule has 3 atom stereocenters. The lowest BCUT2D eigenvalue weighted by Gasteiger charge is -2.09. The van der Waals surface area contributed by atoms with Gasteiger partial charge in [-0.1, -0.05) is 31.1 Å². The maximum absolute atomic E-state index is 5.72. The molecule has 3 rings (SSSR count). The van der Waals surface area contributed by atoms with Crippen molar-refractivity contribution < 1.29 is 4.52 Å². The van der Waals surface area contributed by atoms with Gasteiger partial charge in [0.25, 0.3) is 0 Å². The standard InChI is InChI=1S/C17H23N3O/c1-11-3-4-14(9-11)17-19-16(21-20-17)10-12(2)13-5-7-15(18)8-6-13/h5-8,11-12,14H,3-4,9-10,18H2,1-2H3. The average molecular weight is 285 g/mol. The topological polar surface area (TPSA) is 64.9 Å². The van der Waals surface area contributed by atoms with Crippen LogP contribution in [0.4, 0.5) is 5.69 Å². The van der Waals surface area contributed by atoms with Gasteiger partial charge >= 0.3 is 0 Å². The molecular formula is C17H23N3O. The van der Waals surface area contributed by atoms with Gasteiger partial charge in [0.1, 0.15) is 0 Å². The quantitative estimate of drug-likeness (QED) is 0.865. The number of aromatic nitrogens is 2. The third-order valence-corrected chi connectivity index (χ3v) is 4.53. The third kappa shape index (κ3) is 3.26. The van der Waals surface area contributed by atoms with Gasteiger partial charge in [0.05, 0.1) is 0 Å². The van der Waals surface area contributed by atoms with Crippen molar-refractivity contribution in [3.8, 4) is 0 Å². The SMILES string of the molecule is CC1CCC(c2noc(CC(C)c3ccc(N)cc3)n2)C1. The first-order valence-electron chi connectivity index (χ1n) is 7.79. The zero-order valence-electron chi connectivity index (χ0n) is 12.7. The summed E-state index contributed by atoms with van der Waals surface area (Å²) in [5, 5.41) is 4.19. The summed E-state index contributed by atoms with van der Waals surface area (Å²) in [5.41, 5.74) is 7.76. The third-order valence-electron chi connectivity index (χ3n) is 4.53. The summed E-state index contributed by atoms with van der Waals surface area (Å²) in [4.78, 5) is 4.61. The van der Waals surface area contributed by atoms with Gasteiger partial charge in [0.2, 0.25) is 5.89 Å². The molecule has 1 heterocycles. The van der Waals surface area contributed by atoms with E-state index in [0.717, 1.165) is 29.7 Å². The maximum atomic E-state index is 5.72. The lowest BCUT2D eigenvalue weighted by molar-refractivity contribution is 0.363. The summed E-state index contributed by atoms with van der Waals surface area (Å²) in [7, 11) is 0. The molecule has 112 valence electrons. The number of nitrogens with zero attached hydrogens (tertiary/aromatic N) is 2. The van der Waals surface area contributed by atoms with Crippen LogP contribution in [-0.4, -0.2) is 10.1 Å². The molecule has 2 N–H and O–H groups in total. The molecule has 0 amide bonds. The van der Waals surface area contributed by atoms with Crippen LogP contribution in [0, 0.1) is 5.92 Å². The minimum Gasteiger partial charge on any atom is -0.399 e. The van der Waals surface area contributed by atoms with Gasteiger partial charge in [-0.25, -0.2) is 0 Å². The van der Waals surface area contributed by atoms with Crippen LogP contribution in [0.15, 0.2) is 28.8 Å². The van der Waals surface area contributed by atoms with Crippen LogP contribution in [-0.2, 0) is 6.42 Å². The number of benzene rings is 1. The van der Waals surface area contributed by atoms with E-state index < -0.39 is 0 Å². The Balaban J connectivity index is 1.65. The summed E-state index contributed by atoms with van der Waals surface area (Å²) < 4.78 is 5.44. The van der Waals surface area contributed by atoms with Crippen LogP contribution in [0.1, 0.15) is 62.2 Å². The summed E-state index contributed by atoms with van der Waals surface area (Å²) in [6, 6.07) is 8.00. The number of hydrogen-bond donors (Lipinski definition) is 1. The normalized spacial score (nSPS) is 23.3. The van der Waals surface area contributed by atoms with E-state index in [2.05, 4.69) is 36.1 Å². The average Bonchev–Trinajstić information content (AvgIpc) is 3.08. The zero-order valence-corrected chi connectivity index (χ0v) is 12.7. The first-order chi connectivity index (χ1) is 10.1. The Labute approximate surface area is 125 Å². The van der Waals surface area contributed by atoms with Crippen molar-refractivity contribution in [1.29, 1.82) is 0 Å². The molecule has 1 aromatic carbocycles. The van der Waals surface area contributed by atoms with Crippen molar-refractivity contribution >= 4 is 5.69 Å². The van der Waals surface area contributed by atoms with Gasteiger partial charge in [-0.15, -0.1) is 0 Å². The Morgan fingerprint density at radius 2 is 2.05 bits per heavy atom. The Kier molecular flexibility index (Phi) is 3.95. The van der Waals surface area contributed by atoms with Crippen molar-refractivity contribution in [2.24, 2.45) is 5.92 Å². The molecule has 0 saturated heterocycles. The van der Waals surface area contributed by atoms with Crippen molar-refractivity contribution in [3.63, 3.8) is 0 Å². The highest BCUT2D eigenvalue weighted by Crippen LogP contribution is 2.36. The predicted octanol–water partition coefficient (Wildman–Crippen LogP) is 3.90. The molecule has 1 fully saturated rings. The van der Waals surface area contributed by atoms with Crippen LogP contribution in [0.25, 0.3) is 0 Å². The fourth-order valence-electron chi connectivity index (χ4n) is 3.16. The molecule has 1 aliphatic rings. The highest BCUT2D eigenvalue weighted by molar-refractivity contribution is 5.40. The van der Waals surface area contributed by atoms with Gasteiger partial charge in [-0.3, -0.25) is 0 Å². The second-order valence-corrected chi connectivity index (χ2v) is 6.43. The molecule has 1 aromatic heterocycles. The zero-order chi connectivity index (χ0) is 14.8. The maximum Gasteiger partial charge on any atom is 0.227 e. The molecule has 2 aromatic rings. The molecule has 1 aliphatic carbocycles. The number of hydrogen-bond acceptors (Lipinski definition) is 4. The summed E-state index contributed by atoms with van der Waals surface area (Å²) in [6.07, 6.45) is 4.43. The second-order valence-electron chi connectivity index (χ2n) is 6.43. The molecule has 0 spiro atoms. The van der Waals surface area contributed by atoms with E-state index in [1.807, 2.05) is 12.1 Å². The fourth-order valence-corrected chi connectivity index (χ4v) is 3.16. The van der Waals surface area contributed by atoms with Crippen LogP contribution in [0.3, 0.4) is 0 Å². The van der Waals surface area contributed by atoms with Gasteiger partial charge in [0, 0.05) is 18.0 Å². The predicted molar refractivity (Wildman–Crippen MR) is 83.0 cm³/mol. The number of rotatable bonds is 4. The lowest BCUT2D eigenvalue weighted by Crippen LogP contribution is -2.00. The van der Waals surface area contributed by atoms with Crippen molar-refractivity contribution in [1.82, 2.24) is 10.1 Å². The Morgan fingerprint density at radius 3 is 2.71 bits per heavy atom. The van der Waals surface area contributed by atoms with Crippen molar-refractivity contribution in [3.05, 3.63) is 41.5 Å². The van der Waals surface area contributed by atoms with Crippen LogP contribution in [0.2, 0.25) is 0 Å². The van der Waals surface area contributed by atoms with E-state index in [4.69, 9.17) is 10.3 Å². The van der Waals surface area contributed by atoms with Crippen LogP contribution >= 0.6 is 0 Å². The van der Waals surface area contributed by atoms with Crippen LogP contribution < -0.4 is 5.73 Å². The van der Waals surface area contributed by atoms with Gasteiger partial charge in [-0.05, 0) is 48.8 Å². The first kappa shape index (κ1) is 14.1. The molecule has 0 bridgehead atoms. The van der Waals surface area contributed by atoms with Gasteiger partial charge in [-0.2, -0.15) is 4.98 Å². The molecule has 4 nitrogen and oxygen atoms in total. The second kappa shape index (κ2) is 5.88. The van der Waals surface area contributed by atoms with Crippen LogP contribution in [0.5, 0.6) is 0 Å². The molecular weight excluding hydrogens is 262 g/mol. The number of anilines is 1. The molecule has 4 heteroatoms.